The van der Waals surface area contributed by atoms with Crippen molar-refractivity contribution in [1.82, 2.24) is 9.80 Å². The zero-order valence-corrected chi connectivity index (χ0v) is 25.3. The lowest BCUT2D eigenvalue weighted by atomic mass is 9.84. The van der Waals surface area contributed by atoms with Crippen molar-refractivity contribution in [2.24, 2.45) is 0 Å². The van der Waals surface area contributed by atoms with Crippen LogP contribution < -0.4 is 4.74 Å². The summed E-state index contributed by atoms with van der Waals surface area (Å²) in [5, 5.41) is 8.56. The van der Waals surface area contributed by atoms with E-state index in [0.29, 0.717) is 25.7 Å². The third-order valence-electron chi connectivity index (χ3n) is 8.00. The Morgan fingerprint density at radius 1 is 1.12 bits per heavy atom. The molecule has 0 radical (unpaired) electrons. The third-order valence-corrected chi connectivity index (χ3v) is 8.00. The summed E-state index contributed by atoms with van der Waals surface area (Å²) >= 11 is 0. The molecule has 0 bridgehead atoms. The summed E-state index contributed by atoms with van der Waals surface area (Å²) in [5.41, 5.74) is 2.52. The number of carboxylic acid groups (broad SMARTS) is 1. The Labute approximate surface area is 251 Å². The topological polar surface area (TPSA) is 79.3 Å². The maximum Gasteiger partial charge on any atom is 0.329 e. The van der Waals surface area contributed by atoms with Crippen molar-refractivity contribution in [3.05, 3.63) is 70.3 Å². The van der Waals surface area contributed by atoms with E-state index in [9.17, 15) is 14.0 Å². The van der Waals surface area contributed by atoms with Crippen molar-refractivity contribution in [3.8, 4) is 5.75 Å². The summed E-state index contributed by atoms with van der Waals surface area (Å²) in [7, 11) is 1.62. The van der Waals surface area contributed by atoms with E-state index in [1.807, 2.05) is 36.1 Å². The van der Waals surface area contributed by atoms with Crippen LogP contribution in [0.15, 0.2) is 42.0 Å². The van der Waals surface area contributed by atoms with Crippen LogP contribution in [-0.2, 0) is 20.7 Å². The minimum absolute atomic E-state index is 0.0142. The summed E-state index contributed by atoms with van der Waals surface area (Å²) in [6.07, 6.45) is 2.59. The maximum absolute atomic E-state index is 15.8. The van der Waals surface area contributed by atoms with E-state index in [2.05, 4.69) is 0 Å². The predicted molar refractivity (Wildman–Crippen MR) is 158 cm³/mol. The summed E-state index contributed by atoms with van der Waals surface area (Å²) in [4.78, 5) is 26.2. The van der Waals surface area contributed by atoms with E-state index in [1.54, 1.807) is 7.05 Å². The van der Waals surface area contributed by atoms with E-state index in [1.165, 1.54) is 18.7 Å². The molecule has 1 amide bonds. The quantitative estimate of drug-likeness (QED) is 0.269. The second-order valence-electron chi connectivity index (χ2n) is 12.1. The van der Waals surface area contributed by atoms with Crippen molar-refractivity contribution >= 4 is 17.4 Å². The summed E-state index contributed by atoms with van der Waals surface area (Å²) in [6, 6.07) is 9.42. The fourth-order valence-electron chi connectivity index (χ4n) is 6.01. The Kier molecular flexibility index (Phi) is 10.6. The number of aliphatic carboxylic acids is 1. The maximum atomic E-state index is 15.8. The Morgan fingerprint density at radius 2 is 1.81 bits per heavy atom. The number of unbranched alkanes of at least 4 members (excludes halogenated alkanes) is 1. The van der Waals surface area contributed by atoms with Gasteiger partial charge in [0.2, 0.25) is 5.91 Å². The molecule has 0 saturated carbocycles. The first-order chi connectivity index (χ1) is 20.4. The standard InChI is InChI=1S/C33H41F3N2O5/c1-21-15-25-24-10-6-5-9-22(24)16-26(25)32(38(21)20-33(2,3)36)31-27(34)17-23(18-28(31)35)43-14-12-37(4)29(39)11-7-8-13-42-19-30(40)41/h5-6,9-10,17-18,21,32H,7-8,11-16,19-20H2,1-4H3,(H,40,41)/t21-,32+/m1/s1. The van der Waals surface area contributed by atoms with E-state index in [4.69, 9.17) is 14.6 Å². The Bertz CT molecular complexity index is 1330. The number of nitrogens with zero attached hydrogens (tertiary/aromatic N) is 2. The first kappa shape index (κ1) is 32.5. The van der Waals surface area contributed by atoms with Gasteiger partial charge in [-0.3, -0.25) is 9.69 Å². The Hall–Kier alpha value is -3.37. The highest BCUT2D eigenvalue weighted by molar-refractivity contribution is 5.79. The van der Waals surface area contributed by atoms with Crippen LogP contribution in [0.25, 0.3) is 5.57 Å². The zero-order chi connectivity index (χ0) is 31.3. The lowest BCUT2D eigenvalue weighted by Gasteiger charge is -2.44. The molecule has 1 heterocycles. The molecule has 2 aromatic rings. The fraction of sp³-hybridized carbons (Fsp3) is 0.515. The second kappa shape index (κ2) is 13.9. The van der Waals surface area contributed by atoms with Crippen molar-refractivity contribution in [2.45, 2.75) is 70.6 Å². The number of rotatable bonds is 14. The van der Waals surface area contributed by atoms with Gasteiger partial charge in [-0.05, 0) is 68.7 Å². The minimum atomic E-state index is -1.57. The Balaban J connectivity index is 1.44. The number of amides is 1. The molecule has 0 aromatic heterocycles. The summed E-state index contributed by atoms with van der Waals surface area (Å²) in [6.45, 7) is 5.10. The predicted octanol–water partition coefficient (Wildman–Crippen LogP) is 5.97. The van der Waals surface area contributed by atoms with E-state index in [-0.39, 0.29) is 62.6 Å². The Morgan fingerprint density at radius 3 is 2.49 bits per heavy atom. The minimum Gasteiger partial charge on any atom is -0.492 e. The second-order valence-corrected chi connectivity index (χ2v) is 12.1. The van der Waals surface area contributed by atoms with Crippen LogP contribution in [0.1, 0.15) is 69.2 Å². The van der Waals surface area contributed by atoms with Gasteiger partial charge in [0.15, 0.2) is 0 Å². The van der Waals surface area contributed by atoms with Crippen molar-refractivity contribution < 1.29 is 37.3 Å². The van der Waals surface area contributed by atoms with Gasteiger partial charge < -0.3 is 19.5 Å². The number of ether oxygens (including phenoxy) is 2. The van der Waals surface area contributed by atoms with Crippen molar-refractivity contribution in [1.29, 1.82) is 0 Å². The normalized spacial score (nSPS) is 18.4. The average Bonchev–Trinajstić information content (AvgIpc) is 3.28. The lowest BCUT2D eigenvalue weighted by molar-refractivity contribution is -0.142. The van der Waals surface area contributed by atoms with Crippen LogP contribution in [0.3, 0.4) is 0 Å². The van der Waals surface area contributed by atoms with Gasteiger partial charge in [0.05, 0.1) is 12.6 Å². The number of halogens is 3. The van der Waals surface area contributed by atoms with E-state index < -0.39 is 29.3 Å². The molecule has 0 unspecified atom stereocenters. The number of alkyl halides is 1. The molecular formula is C33H41F3N2O5. The molecule has 2 atom stereocenters. The average molecular weight is 603 g/mol. The van der Waals surface area contributed by atoms with Gasteiger partial charge in [-0.2, -0.15) is 0 Å². The lowest BCUT2D eigenvalue weighted by Crippen LogP contribution is -2.47. The van der Waals surface area contributed by atoms with Gasteiger partial charge in [0.25, 0.3) is 0 Å². The van der Waals surface area contributed by atoms with Gasteiger partial charge >= 0.3 is 5.97 Å². The van der Waals surface area contributed by atoms with Crippen molar-refractivity contribution in [2.75, 3.05) is 40.0 Å². The number of carbonyl (C=O) groups excluding carboxylic acids is 1. The highest BCUT2D eigenvalue weighted by Crippen LogP contribution is 2.50. The molecule has 1 N–H and O–H groups in total. The van der Waals surface area contributed by atoms with Crippen LogP contribution in [0.2, 0.25) is 0 Å². The van der Waals surface area contributed by atoms with Crippen molar-refractivity contribution in [3.63, 3.8) is 0 Å². The van der Waals surface area contributed by atoms with E-state index in [0.717, 1.165) is 34.4 Å². The number of hydrogen-bond donors (Lipinski definition) is 1. The molecule has 2 aliphatic rings. The smallest absolute Gasteiger partial charge is 0.329 e. The summed E-state index contributed by atoms with van der Waals surface area (Å²) < 4.78 is 57.3. The van der Waals surface area contributed by atoms with Gasteiger partial charge in [-0.1, -0.05) is 24.3 Å². The molecule has 0 fully saturated rings. The zero-order valence-electron chi connectivity index (χ0n) is 25.3. The molecule has 4 rings (SSSR count). The highest BCUT2D eigenvalue weighted by Gasteiger charge is 2.43. The SMILES string of the molecule is C[C@@H]1CC2=C(Cc3ccccc32)[C@@H](c2c(F)cc(OCCN(C)C(=O)CCCCOCC(=O)O)cc2F)N1CC(C)(C)F. The van der Waals surface area contributed by atoms with Gasteiger partial charge in [0, 0.05) is 50.4 Å². The van der Waals surface area contributed by atoms with E-state index >= 15 is 8.78 Å². The molecule has 0 saturated heterocycles. The molecule has 0 spiro atoms. The van der Waals surface area contributed by atoms with Crippen LogP contribution >= 0.6 is 0 Å². The number of hydrogen-bond acceptors (Lipinski definition) is 5. The number of carboxylic acids is 1. The largest absolute Gasteiger partial charge is 0.492 e. The molecule has 234 valence electrons. The number of likely N-dealkylation sites (N-methyl/N-ethyl adjacent to an activating group) is 1. The molecule has 1 aliphatic heterocycles. The first-order valence-electron chi connectivity index (χ1n) is 14.8. The molecule has 43 heavy (non-hydrogen) atoms. The molecular weight excluding hydrogens is 561 g/mol. The summed E-state index contributed by atoms with van der Waals surface area (Å²) in [5.74, 6) is -2.66. The molecule has 10 heteroatoms. The molecule has 1 aliphatic carbocycles. The fourth-order valence-corrected chi connectivity index (χ4v) is 6.01. The van der Waals surface area contributed by atoms with Gasteiger partial charge in [-0.15, -0.1) is 0 Å². The monoisotopic (exact) mass is 602 g/mol. The number of carbonyl (C=O) groups is 2. The van der Waals surface area contributed by atoms with Gasteiger partial charge in [-0.25, -0.2) is 18.0 Å². The van der Waals surface area contributed by atoms with Crippen LogP contribution in [0.4, 0.5) is 13.2 Å². The molecule has 2 aromatic carbocycles. The number of fused-ring (bicyclic) bond motifs is 2. The number of benzene rings is 2. The molecule has 7 nitrogen and oxygen atoms in total. The highest BCUT2D eigenvalue weighted by atomic mass is 19.1. The van der Waals surface area contributed by atoms with Crippen LogP contribution in [0, 0.1) is 11.6 Å². The first-order valence-corrected chi connectivity index (χ1v) is 14.8. The van der Waals surface area contributed by atoms with Gasteiger partial charge in [0.1, 0.15) is 36.3 Å². The van der Waals surface area contributed by atoms with Crippen LogP contribution in [0.5, 0.6) is 5.75 Å². The van der Waals surface area contributed by atoms with Crippen LogP contribution in [-0.4, -0.2) is 78.5 Å². The third kappa shape index (κ3) is 8.17.